The highest BCUT2D eigenvalue weighted by molar-refractivity contribution is 5.91. The Morgan fingerprint density at radius 2 is 1.88 bits per heavy atom. The van der Waals surface area contributed by atoms with Crippen molar-refractivity contribution < 1.29 is 14.3 Å². The number of aromatic nitrogens is 1. The number of nitrogens with one attached hydrogen (secondary N) is 1. The Hall–Kier alpha value is -3.28. The molecule has 3 rings (SSSR count). The third-order valence-corrected chi connectivity index (χ3v) is 3.85. The number of hydrogen-bond donors (Lipinski definition) is 1. The SMILES string of the molecule is Cc1c(NC(=O)C[n+]2ccc3ccccc3c2)cccc1[N+](=O)[O-]. The van der Waals surface area contributed by atoms with Gasteiger partial charge < -0.3 is 5.32 Å². The van der Waals surface area contributed by atoms with Gasteiger partial charge in [-0.25, -0.2) is 0 Å². The molecule has 0 saturated heterocycles. The van der Waals surface area contributed by atoms with E-state index in [1.165, 1.54) is 6.07 Å². The minimum Gasteiger partial charge on any atom is -0.320 e. The molecule has 1 aromatic heterocycles. The molecule has 2 aromatic carbocycles. The van der Waals surface area contributed by atoms with Crippen molar-refractivity contribution in [2.45, 2.75) is 13.5 Å². The van der Waals surface area contributed by atoms with Gasteiger partial charge in [0.2, 0.25) is 6.54 Å². The van der Waals surface area contributed by atoms with Crippen LogP contribution < -0.4 is 9.88 Å². The standard InChI is InChI=1S/C18H15N3O3/c1-13-16(7-4-8-17(13)21(23)24)19-18(22)12-20-10-9-14-5-2-3-6-15(14)11-20/h2-11H,12H2,1H3/p+1. The first-order valence-electron chi connectivity index (χ1n) is 7.46. The van der Waals surface area contributed by atoms with Crippen LogP contribution in [0.4, 0.5) is 11.4 Å². The lowest BCUT2D eigenvalue weighted by Crippen LogP contribution is -2.39. The first-order chi connectivity index (χ1) is 11.5. The quantitative estimate of drug-likeness (QED) is 0.456. The average Bonchev–Trinajstić information content (AvgIpc) is 2.56. The average molecular weight is 322 g/mol. The molecule has 3 aromatic rings. The fourth-order valence-electron chi connectivity index (χ4n) is 2.59. The topological polar surface area (TPSA) is 76.1 Å². The summed E-state index contributed by atoms with van der Waals surface area (Å²) in [5.41, 5.74) is 0.890. The molecule has 0 saturated carbocycles. The Morgan fingerprint density at radius 3 is 2.62 bits per heavy atom. The summed E-state index contributed by atoms with van der Waals surface area (Å²) in [6.45, 7) is 1.75. The minimum absolute atomic E-state index is 0.00819. The lowest BCUT2D eigenvalue weighted by Gasteiger charge is -2.07. The van der Waals surface area contributed by atoms with E-state index in [4.69, 9.17) is 0 Å². The lowest BCUT2D eigenvalue weighted by molar-refractivity contribution is -0.682. The summed E-state index contributed by atoms with van der Waals surface area (Å²) in [5, 5.41) is 15.8. The van der Waals surface area contributed by atoms with Gasteiger partial charge in [0.05, 0.1) is 16.2 Å². The monoisotopic (exact) mass is 322 g/mol. The van der Waals surface area contributed by atoms with Gasteiger partial charge in [0.1, 0.15) is 0 Å². The lowest BCUT2D eigenvalue weighted by atomic mass is 10.1. The molecule has 0 aliphatic heterocycles. The van der Waals surface area contributed by atoms with Crippen LogP contribution in [0.15, 0.2) is 60.9 Å². The third-order valence-electron chi connectivity index (χ3n) is 3.85. The van der Waals surface area contributed by atoms with Gasteiger partial charge >= 0.3 is 0 Å². The van der Waals surface area contributed by atoms with Gasteiger partial charge in [0.25, 0.3) is 11.6 Å². The second kappa shape index (κ2) is 6.45. The van der Waals surface area contributed by atoms with Crippen LogP contribution >= 0.6 is 0 Å². The molecule has 0 spiro atoms. The van der Waals surface area contributed by atoms with E-state index in [0.717, 1.165) is 10.8 Å². The van der Waals surface area contributed by atoms with Gasteiger partial charge in [-0.05, 0) is 24.4 Å². The van der Waals surface area contributed by atoms with E-state index >= 15 is 0 Å². The van der Waals surface area contributed by atoms with Crippen molar-refractivity contribution in [3.8, 4) is 0 Å². The van der Waals surface area contributed by atoms with E-state index in [1.54, 1.807) is 23.6 Å². The Kier molecular flexibility index (Phi) is 4.20. The highest BCUT2D eigenvalue weighted by atomic mass is 16.6. The summed E-state index contributed by atoms with van der Waals surface area (Å²) in [6, 6.07) is 14.5. The number of amides is 1. The molecule has 0 aliphatic carbocycles. The number of nitro groups is 1. The number of nitrogens with zero attached hydrogens (tertiary/aromatic N) is 2. The second-order valence-corrected chi connectivity index (χ2v) is 5.50. The normalized spacial score (nSPS) is 10.5. The van der Waals surface area contributed by atoms with Crippen molar-refractivity contribution in [1.82, 2.24) is 0 Å². The fourth-order valence-corrected chi connectivity index (χ4v) is 2.59. The number of fused-ring (bicyclic) bond motifs is 1. The Bertz CT molecular complexity index is 938. The van der Waals surface area contributed by atoms with Crippen LogP contribution in [-0.4, -0.2) is 10.8 Å². The number of hydrogen-bond acceptors (Lipinski definition) is 3. The molecular formula is C18H16N3O3+. The van der Waals surface area contributed by atoms with Crippen LogP contribution in [0.25, 0.3) is 10.8 Å². The molecule has 0 fully saturated rings. The van der Waals surface area contributed by atoms with Gasteiger partial charge in [-0.15, -0.1) is 0 Å². The molecule has 1 N–H and O–H groups in total. The number of nitro benzene ring substituents is 1. The minimum atomic E-state index is -0.455. The number of carbonyl (C=O) groups excluding carboxylic acids is 1. The van der Waals surface area contributed by atoms with Crippen LogP contribution in [-0.2, 0) is 11.3 Å². The highest BCUT2D eigenvalue weighted by Gasteiger charge is 2.16. The van der Waals surface area contributed by atoms with E-state index < -0.39 is 4.92 Å². The smallest absolute Gasteiger partial charge is 0.290 e. The molecule has 24 heavy (non-hydrogen) atoms. The molecule has 1 heterocycles. The molecule has 6 heteroatoms. The van der Waals surface area contributed by atoms with Crippen LogP contribution in [0.5, 0.6) is 0 Å². The Balaban J connectivity index is 1.78. The number of carbonyl (C=O) groups is 1. The first-order valence-corrected chi connectivity index (χ1v) is 7.46. The summed E-state index contributed by atoms with van der Waals surface area (Å²) in [4.78, 5) is 22.8. The Labute approximate surface area is 138 Å². The van der Waals surface area contributed by atoms with Crippen molar-refractivity contribution in [3.05, 3.63) is 76.6 Å². The van der Waals surface area contributed by atoms with E-state index in [9.17, 15) is 14.9 Å². The van der Waals surface area contributed by atoms with Gasteiger partial charge in [0, 0.05) is 17.5 Å². The molecular weight excluding hydrogens is 306 g/mol. The van der Waals surface area contributed by atoms with Crippen LogP contribution in [0.3, 0.4) is 0 Å². The van der Waals surface area contributed by atoms with Crippen molar-refractivity contribution in [3.63, 3.8) is 0 Å². The third kappa shape index (κ3) is 3.22. The van der Waals surface area contributed by atoms with E-state index in [-0.39, 0.29) is 18.1 Å². The maximum atomic E-state index is 12.2. The summed E-state index contributed by atoms with van der Waals surface area (Å²) in [5.74, 6) is -0.237. The predicted molar refractivity (Wildman–Crippen MR) is 90.6 cm³/mol. The molecule has 0 aliphatic rings. The molecule has 0 unspecified atom stereocenters. The van der Waals surface area contributed by atoms with Crippen molar-refractivity contribution in [2.24, 2.45) is 0 Å². The summed E-state index contributed by atoms with van der Waals surface area (Å²) >= 11 is 0. The van der Waals surface area contributed by atoms with Gasteiger partial charge in [-0.3, -0.25) is 14.9 Å². The summed E-state index contributed by atoms with van der Waals surface area (Å²) < 4.78 is 1.78. The van der Waals surface area contributed by atoms with Gasteiger partial charge in [0.15, 0.2) is 12.4 Å². The van der Waals surface area contributed by atoms with Crippen molar-refractivity contribution in [2.75, 3.05) is 5.32 Å². The number of anilines is 1. The van der Waals surface area contributed by atoms with Gasteiger partial charge in [-0.2, -0.15) is 4.57 Å². The van der Waals surface area contributed by atoms with Crippen LogP contribution in [0, 0.1) is 17.0 Å². The Morgan fingerprint density at radius 1 is 1.12 bits per heavy atom. The predicted octanol–water partition coefficient (Wildman–Crippen LogP) is 2.98. The number of benzene rings is 2. The maximum Gasteiger partial charge on any atom is 0.290 e. The highest BCUT2D eigenvalue weighted by Crippen LogP contribution is 2.24. The second-order valence-electron chi connectivity index (χ2n) is 5.50. The summed E-state index contributed by atoms with van der Waals surface area (Å²) in [6.07, 6.45) is 3.73. The van der Waals surface area contributed by atoms with E-state index in [2.05, 4.69) is 5.32 Å². The zero-order chi connectivity index (χ0) is 17.1. The van der Waals surface area contributed by atoms with Crippen LogP contribution in [0.2, 0.25) is 0 Å². The van der Waals surface area contributed by atoms with Crippen molar-refractivity contribution >= 4 is 28.1 Å². The summed E-state index contributed by atoms with van der Waals surface area (Å²) in [7, 11) is 0. The first kappa shape index (κ1) is 15.6. The largest absolute Gasteiger partial charge is 0.320 e. The fraction of sp³-hybridized carbons (Fsp3) is 0.111. The zero-order valence-electron chi connectivity index (χ0n) is 13.1. The van der Waals surface area contributed by atoms with Crippen molar-refractivity contribution in [1.29, 1.82) is 0 Å². The van der Waals surface area contributed by atoms with E-state index in [1.807, 2.05) is 42.7 Å². The van der Waals surface area contributed by atoms with E-state index in [0.29, 0.717) is 11.3 Å². The molecule has 0 bridgehead atoms. The zero-order valence-corrected chi connectivity index (χ0v) is 13.1. The number of pyridine rings is 1. The maximum absolute atomic E-state index is 12.2. The molecule has 1 amide bonds. The molecule has 120 valence electrons. The van der Waals surface area contributed by atoms with Crippen LogP contribution in [0.1, 0.15) is 5.56 Å². The molecule has 6 nitrogen and oxygen atoms in total. The van der Waals surface area contributed by atoms with Gasteiger partial charge in [-0.1, -0.05) is 24.3 Å². The number of rotatable bonds is 4. The molecule has 0 atom stereocenters. The molecule has 0 radical (unpaired) electrons.